The molecule has 2 aromatic rings. The quantitative estimate of drug-likeness (QED) is 0.889. The SMILES string of the molecule is COc1cccc(CC(CN)c2ccccc2C)c1. The van der Waals surface area contributed by atoms with Crippen molar-refractivity contribution in [3.05, 3.63) is 65.2 Å². The molecule has 100 valence electrons. The molecule has 0 amide bonds. The molecule has 0 aromatic heterocycles. The van der Waals surface area contributed by atoms with Crippen molar-refractivity contribution in [1.29, 1.82) is 0 Å². The Morgan fingerprint density at radius 3 is 2.58 bits per heavy atom. The number of rotatable bonds is 5. The van der Waals surface area contributed by atoms with Crippen LogP contribution >= 0.6 is 0 Å². The third-order valence-electron chi connectivity index (χ3n) is 3.53. The molecule has 0 spiro atoms. The maximum atomic E-state index is 5.96. The van der Waals surface area contributed by atoms with Gasteiger partial charge in [0.05, 0.1) is 7.11 Å². The lowest BCUT2D eigenvalue weighted by molar-refractivity contribution is 0.414. The standard InChI is InChI=1S/C17H21NO/c1-13-6-3-4-9-17(13)15(12-18)10-14-7-5-8-16(11-14)19-2/h3-9,11,15H,10,12,18H2,1-2H3. The second-order valence-corrected chi connectivity index (χ2v) is 4.84. The van der Waals surface area contributed by atoms with Crippen LogP contribution in [-0.2, 0) is 6.42 Å². The molecule has 2 aromatic carbocycles. The Kier molecular flexibility index (Phi) is 4.58. The number of benzene rings is 2. The van der Waals surface area contributed by atoms with E-state index in [2.05, 4.69) is 43.3 Å². The fraction of sp³-hybridized carbons (Fsp3) is 0.294. The molecule has 0 saturated heterocycles. The molecule has 0 bridgehead atoms. The molecule has 0 aliphatic rings. The molecule has 1 unspecified atom stereocenters. The summed E-state index contributed by atoms with van der Waals surface area (Å²) in [6, 6.07) is 16.7. The highest BCUT2D eigenvalue weighted by Gasteiger charge is 2.12. The first-order valence-corrected chi connectivity index (χ1v) is 6.63. The first-order valence-electron chi connectivity index (χ1n) is 6.63. The number of aryl methyl sites for hydroxylation is 1. The van der Waals surface area contributed by atoms with Crippen molar-refractivity contribution in [3.63, 3.8) is 0 Å². The highest BCUT2D eigenvalue weighted by Crippen LogP contribution is 2.24. The van der Waals surface area contributed by atoms with E-state index in [0.717, 1.165) is 12.2 Å². The van der Waals surface area contributed by atoms with Crippen LogP contribution in [0.2, 0.25) is 0 Å². The summed E-state index contributed by atoms with van der Waals surface area (Å²) in [4.78, 5) is 0. The van der Waals surface area contributed by atoms with Crippen molar-refractivity contribution in [2.45, 2.75) is 19.3 Å². The van der Waals surface area contributed by atoms with E-state index >= 15 is 0 Å². The Labute approximate surface area is 115 Å². The van der Waals surface area contributed by atoms with Crippen molar-refractivity contribution in [2.24, 2.45) is 5.73 Å². The van der Waals surface area contributed by atoms with E-state index in [1.54, 1.807) is 7.11 Å². The van der Waals surface area contributed by atoms with E-state index < -0.39 is 0 Å². The summed E-state index contributed by atoms with van der Waals surface area (Å²) in [6.07, 6.45) is 0.943. The molecular formula is C17H21NO. The van der Waals surface area contributed by atoms with Gasteiger partial charge in [-0.3, -0.25) is 0 Å². The summed E-state index contributed by atoms with van der Waals surface area (Å²) in [5.41, 5.74) is 9.87. The number of ether oxygens (including phenoxy) is 1. The van der Waals surface area contributed by atoms with E-state index in [1.165, 1.54) is 16.7 Å². The summed E-state index contributed by atoms with van der Waals surface area (Å²) in [6.45, 7) is 2.80. The zero-order valence-electron chi connectivity index (χ0n) is 11.6. The van der Waals surface area contributed by atoms with Gasteiger partial charge in [0.15, 0.2) is 0 Å². The van der Waals surface area contributed by atoms with E-state index in [1.807, 2.05) is 12.1 Å². The maximum absolute atomic E-state index is 5.96. The van der Waals surface area contributed by atoms with Gasteiger partial charge in [-0.1, -0.05) is 36.4 Å². The van der Waals surface area contributed by atoms with Gasteiger partial charge in [-0.25, -0.2) is 0 Å². The first kappa shape index (κ1) is 13.6. The van der Waals surface area contributed by atoms with Gasteiger partial charge in [0.1, 0.15) is 5.75 Å². The number of hydrogen-bond acceptors (Lipinski definition) is 2. The predicted molar refractivity (Wildman–Crippen MR) is 79.7 cm³/mol. The van der Waals surface area contributed by atoms with E-state index in [9.17, 15) is 0 Å². The van der Waals surface area contributed by atoms with Crippen LogP contribution in [0, 0.1) is 6.92 Å². The molecule has 2 N–H and O–H groups in total. The van der Waals surface area contributed by atoms with Crippen molar-refractivity contribution < 1.29 is 4.74 Å². The molecule has 2 nitrogen and oxygen atoms in total. The molecule has 2 heteroatoms. The highest BCUT2D eigenvalue weighted by molar-refractivity contribution is 5.34. The molecule has 0 fully saturated rings. The van der Waals surface area contributed by atoms with Crippen LogP contribution in [0.3, 0.4) is 0 Å². The van der Waals surface area contributed by atoms with Gasteiger partial charge in [0, 0.05) is 5.92 Å². The predicted octanol–water partition coefficient (Wildman–Crippen LogP) is 3.29. The van der Waals surface area contributed by atoms with Crippen molar-refractivity contribution in [1.82, 2.24) is 0 Å². The average Bonchev–Trinajstić information content (AvgIpc) is 2.46. The summed E-state index contributed by atoms with van der Waals surface area (Å²) < 4.78 is 5.27. The Balaban J connectivity index is 2.21. The molecule has 0 aliphatic carbocycles. The summed E-state index contributed by atoms with van der Waals surface area (Å²) in [7, 11) is 1.70. The largest absolute Gasteiger partial charge is 0.497 e. The summed E-state index contributed by atoms with van der Waals surface area (Å²) in [5.74, 6) is 1.26. The summed E-state index contributed by atoms with van der Waals surface area (Å²) in [5, 5.41) is 0. The van der Waals surface area contributed by atoms with Gasteiger partial charge in [-0.2, -0.15) is 0 Å². The minimum Gasteiger partial charge on any atom is -0.497 e. The minimum absolute atomic E-state index is 0.355. The molecule has 0 saturated carbocycles. The van der Waals surface area contributed by atoms with Crippen molar-refractivity contribution in [2.75, 3.05) is 13.7 Å². The normalized spacial score (nSPS) is 12.2. The number of hydrogen-bond donors (Lipinski definition) is 1. The van der Waals surface area contributed by atoms with Crippen molar-refractivity contribution in [3.8, 4) is 5.75 Å². The second kappa shape index (κ2) is 6.39. The third kappa shape index (κ3) is 3.36. The maximum Gasteiger partial charge on any atom is 0.119 e. The third-order valence-corrected chi connectivity index (χ3v) is 3.53. The molecule has 0 aliphatic heterocycles. The van der Waals surface area contributed by atoms with Gasteiger partial charge in [-0.05, 0) is 48.7 Å². The van der Waals surface area contributed by atoms with Gasteiger partial charge in [0.2, 0.25) is 0 Å². The van der Waals surface area contributed by atoms with Crippen LogP contribution in [0.25, 0.3) is 0 Å². The smallest absolute Gasteiger partial charge is 0.119 e. The number of nitrogens with two attached hydrogens (primary N) is 1. The topological polar surface area (TPSA) is 35.2 Å². The monoisotopic (exact) mass is 255 g/mol. The van der Waals surface area contributed by atoms with Crippen LogP contribution in [0.5, 0.6) is 5.75 Å². The second-order valence-electron chi connectivity index (χ2n) is 4.84. The Bertz CT molecular complexity index is 536. The van der Waals surface area contributed by atoms with E-state index in [0.29, 0.717) is 12.5 Å². The van der Waals surface area contributed by atoms with Crippen LogP contribution < -0.4 is 10.5 Å². The lowest BCUT2D eigenvalue weighted by Gasteiger charge is -2.18. The van der Waals surface area contributed by atoms with Gasteiger partial charge >= 0.3 is 0 Å². The van der Waals surface area contributed by atoms with E-state index in [-0.39, 0.29) is 0 Å². The lowest BCUT2D eigenvalue weighted by Crippen LogP contribution is -2.16. The van der Waals surface area contributed by atoms with Crippen LogP contribution in [-0.4, -0.2) is 13.7 Å². The first-order chi connectivity index (χ1) is 9.24. The zero-order chi connectivity index (χ0) is 13.7. The Morgan fingerprint density at radius 2 is 1.89 bits per heavy atom. The lowest BCUT2D eigenvalue weighted by atomic mass is 9.89. The Morgan fingerprint density at radius 1 is 1.11 bits per heavy atom. The zero-order valence-corrected chi connectivity index (χ0v) is 11.6. The fourth-order valence-corrected chi connectivity index (χ4v) is 2.45. The summed E-state index contributed by atoms with van der Waals surface area (Å²) >= 11 is 0. The molecule has 2 rings (SSSR count). The highest BCUT2D eigenvalue weighted by atomic mass is 16.5. The molecular weight excluding hydrogens is 234 g/mol. The van der Waals surface area contributed by atoms with E-state index in [4.69, 9.17) is 10.5 Å². The van der Waals surface area contributed by atoms with Crippen LogP contribution in [0.4, 0.5) is 0 Å². The Hall–Kier alpha value is -1.80. The molecule has 0 radical (unpaired) electrons. The van der Waals surface area contributed by atoms with Gasteiger partial charge in [-0.15, -0.1) is 0 Å². The van der Waals surface area contributed by atoms with Crippen LogP contribution in [0.1, 0.15) is 22.6 Å². The minimum atomic E-state index is 0.355. The molecule has 19 heavy (non-hydrogen) atoms. The molecule has 1 atom stereocenters. The average molecular weight is 255 g/mol. The van der Waals surface area contributed by atoms with Crippen molar-refractivity contribution >= 4 is 0 Å². The van der Waals surface area contributed by atoms with Gasteiger partial charge in [0.25, 0.3) is 0 Å². The number of methoxy groups -OCH3 is 1. The van der Waals surface area contributed by atoms with Gasteiger partial charge < -0.3 is 10.5 Å². The fourth-order valence-electron chi connectivity index (χ4n) is 2.45. The molecule has 0 heterocycles. The van der Waals surface area contributed by atoms with Crippen LogP contribution in [0.15, 0.2) is 48.5 Å².